The van der Waals surface area contributed by atoms with E-state index in [1.54, 1.807) is 0 Å². The third-order valence-corrected chi connectivity index (χ3v) is 4.46. The van der Waals surface area contributed by atoms with E-state index in [-0.39, 0.29) is 18.3 Å². The van der Waals surface area contributed by atoms with Crippen LogP contribution in [0, 0.1) is 0 Å². The van der Waals surface area contributed by atoms with Crippen LogP contribution in [0.2, 0.25) is 0 Å². The van der Waals surface area contributed by atoms with Gasteiger partial charge in [-0.25, -0.2) is 0 Å². The average molecular weight is 310 g/mol. The van der Waals surface area contributed by atoms with Crippen LogP contribution in [0.25, 0.3) is 0 Å². The molecule has 0 spiro atoms. The molecule has 4 nitrogen and oxygen atoms in total. The van der Waals surface area contributed by atoms with Crippen molar-refractivity contribution in [3.63, 3.8) is 0 Å². The molecule has 3 rings (SSSR count). The molecule has 0 unspecified atom stereocenters. The highest BCUT2D eigenvalue weighted by Crippen LogP contribution is 2.18. The average Bonchev–Trinajstić information content (AvgIpc) is 2.49. The zero-order valence-corrected chi connectivity index (χ0v) is 13.4. The van der Waals surface area contributed by atoms with Crippen LogP contribution in [0.1, 0.15) is 18.1 Å². The SMILES string of the molecule is C[C@@H]1CNCCN1CC(=O)N1CCc2ccccc2C1.Cl. The van der Waals surface area contributed by atoms with Gasteiger partial charge >= 0.3 is 0 Å². The molecule has 0 radical (unpaired) electrons. The molecule has 116 valence electrons. The second-order valence-corrected chi connectivity index (χ2v) is 5.86. The molecule has 2 aliphatic rings. The van der Waals surface area contributed by atoms with Gasteiger partial charge in [-0.2, -0.15) is 0 Å². The number of hydrogen-bond donors (Lipinski definition) is 1. The summed E-state index contributed by atoms with van der Waals surface area (Å²) in [6.07, 6.45) is 0.985. The molecule has 0 bridgehead atoms. The molecule has 1 aromatic carbocycles. The van der Waals surface area contributed by atoms with Crippen LogP contribution in [0.3, 0.4) is 0 Å². The first-order valence-electron chi connectivity index (χ1n) is 7.53. The highest BCUT2D eigenvalue weighted by atomic mass is 35.5. The summed E-state index contributed by atoms with van der Waals surface area (Å²) in [7, 11) is 0. The van der Waals surface area contributed by atoms with Gasteiger partial charge in [0, 0.05) is 38.8 Å². The molecule has 2 aliphatic heterocycles. The molecule has 2 heterocycles. The molecule has 1 N–H and O–H groups in total. The second kappa shape index (κ2) is 7.25. The molecule has 0 saturated carbocycles. The summed E-state index contributed by atoms with van der Waals surface area (Å²) < 4.78 is 0. The number of halogens is 1. The highest BCUT2D eigenvalue weighted by Gasteiger charge is 2.25. The van der Waals surface area contributed by atoms with Crippen molar-refractivity contribution in [3.05, 3.63) is 35.4 Å². The van der Waals surface area contributed by atoms with E-state index in [1.165, 1.54) is 11.1 Å². The molecular formula is C16H24ClN3O. The first kappa shape index (κ1) is 16.3. The van der Waals surface area contributed by atoms with Crippen LogP contribution in [0.4, 0.5) is 0 Å². The Bertz CT molecular complexity index is 494. The number of nitrogens with zero attached hydrogens (tertiary/aromatic N) is 2. The van der Waals surface area contributed by atoms with Gasteiger partial charge in [0.2, 0.25) is 5.91 Å². The maximum atomic E-state index is 12.5. The summed E-state index contributed by atoms with van der Waals surface area (Å²) in [5.41, 5.74) is 2.70. The number of carbonyl (C=O) groups is 1. The Morgan fingerprint density at radius 3 is 2.81 bits per heavy atom. The van der Waals surface area contributed by atoms with E-state index in [4.69, 9.17) is 0 Å². The molecular weight excluding hydrogens is 286 g/mol. The second-order valence-electron chi connectivity index (χ2n) is 5.86. The maximum Gasteiger partial charge on any atom is 0.237 e. The van der Waals surface area contributed by atoms with E-state index in [0.29, 0.717) is 12.6 Å². The Labute approximate surface area is 132 Å². The van der Waals surface area contributed by atoms with Gasteiger partial charge in [0.1, 0.15) is 0 Å². The zero-order valence-electron chi connectivity index (χ0n) is 12.5. The predicted octanol–water partition coefficient (Wildman–Crippen LogP) is 1.29. The third kappa shape index (κ3) is 3.76. The van der Waals surface area contributed by atoms with Crippen LogP contribution < -0.4 is 5.32 Å². The lowest BCUT2D eigenvalue weighted by Crippen LogP contribution is -2.53. The Morgan fingerprint density at radius 2 is 2.05 bits per heavy atom. The van der Waals surface area contributed by atoms with Crippen molar-refractivity contribution in [2.45, 2.75) is 25.9 Å². The van der Waals surface area contributed by atoms with Gasteiger partial charge in [0.15, 0.2) is 0 Å². The summed E-state index contributed by atoms with van der Waals surface area (Å²) in [6.45, 7) is 7.32. The Morgan fingerprint density at radius 1 is 1.29 bits per heavy atom. The number of rotatable bonds is 2. The number of hydrogen-bond acceptors (Lipinski definition) is 3. The fourth-order valence-electron chi connectivity index (χ4n) is 3.10. The summed E-state index contributed by atoms with van der Waals surface area (Å²) in [4.78, 5) is 16.8. The van der Waals surface area contributed by atoms with Crippen LogP contribution >= 0.6 is 12.4 Å². The fraction of sp³-hybridized carbons (Fsp3) is 0.562. The highest BCUT2D eigenvalue weighted by molar-refractivity contribution is 5.85. The van der Waals surface area contributed by atoms with Crippen molar-refractivity contribution in [2.75, 3.05) is 32.7 Å². The minimum absolute atomic E-state index is 0. The van der Waals surface area contributed by atoms with E-state index < -0.39 is 0 Å². The van der Waals surface area contributed by atoms with Gasteiger partial charge < -0.3 is 10.2 Å². The molecule has 1 saturated heterocycles. The van der Waals surface area contributed by atoms with Gasteiger partial charge in [0.05, 0.1) is 6.54 Å². The van der Waals surface area contributed by atoms with Gasteiger partial charge in [-0.3, -0.25) is 9.69 Å². The quantitative estimate of drug-likeness (QED) is 0.894. The Kier molecular flexibility index (Phi) is 5.62. The lowest BCUT2D eigenvalue weighted by Gasteiger charge is -2.36. The summed E-state index contributed by atoms with van der Waals surface area (Å²) in [5, 5.41) is 3.36. The molecule has 5 heteroatoms. The van der Waals surface area contributed by atoms with Crippen molar-refractivity contribution in [2.24, 2.45) is 0 Å². The first-order valence-corrected chi connectivity index (χ1v) is 7.53. The lowest BCUT2D eigenvalue weighted by atomic mass is 10.00. The van der Waals surface area contributed by atoms with Crippen LogP contribution in [0.5, 0.6) is 0 Å². The van der Waals surface area contributed by atoms with Gasteiger partial charge in [-0.1, -0.05) is 24.3 Å². The minimum Gasteiger partial charge on any atom is -0.337 e. The van der Waals surface area contributed by atoms with E-state index in [2.05, 4.69) is 41.4 Å². The number of benzene rings is 1. The molecule has 1 aromatic rings. The summed E-state index contributed by atoms with van der Waals surface area (Å²) in [5.74, 6) is 0.272. The summed E-state index contributed by atoms with van der Waals surface area (Å²) >= 11 is 0. The van der Waals surface area contributed by atoms with Gasteiger partial charge in [-0.15, -0.1) is 12.4 Å². The largest absolute Gasteiger partial charge is 0.337 e. The predicted molar refractivity (Wildman–Crippen MR) is 86.7 cm³/mol. The minimum atomic E-state index is 0. The lowest BCUT2D eigenvalue weighted by molar-refractivity contribution is -0.134. The third-order valence-electron chi connectivity index (χ3n) is 4.46. The number of fused-ring (bicyclic) bond motifs is 1. The van der Waals surface area contributed by atoms with Gasteiger partial charge in [0.25, 0.3) is 0 Å². The first-order chi connectivity index (χ1) is 9.74. The van der Waals surface area contributed by atoms with Crippen molar-refractivity contribution >= 4 is 18.3 Å². The van der Waals surface area contributed by atoms with Crippen LogP contribution in [0.15, 0.2) is 24.3 Å². The van der Waals surface area contributed by atoms with E-state index in [1.807, 2.05) is 4.90 Å². The fourth-order valence-corrected chi connectivity index (χ4v) is 3.10. The molecule has 21 heavy (non-hydrogen) atoms. The van der Waals surface area contributed by atoms with Crippen molar-refractivity contribution in [3.8, 4) is 0 Å². The normalized spacial score (nSPS) is 22.3. The zero-order chi connectivity index (χ0) is 13.9. The van der Waals surface area contributed by atoms with E-state index >= 15 is 0 Å². The van der Waals surface area contributed by atoms with E-state index in [0.717, 1.165) is 39.1 Å². The standard InChI is InChI=1S/C16H23N3O.ClH/c1-13-10-17-7-9-18(13)12-16(20)19-8-6-14-4-2-3-5-15(14)11-19;/h2-5,13,17H,6-12H2,1H3;1H/t13-;/m1./s1. The number of carbonyl (C=O) groups excluding carboxylic acids is 1. The van der Waals surface area contributed by atoms with Crippen molar-refractivity contribution in [1.29, 1.82) is 0 Å². The molecule has 0 aliphatic carbocycles. The topological polar surface area (TPSA) is 35.6 Å². The van der Waals surface area contributed by atoms with Crippen molar-refractivity contribution in [1.82, 2.24) is 15.1 Å². The van der Waals surface area contributed by atoms with Gasteiger partial charge in [-0.05, 0) is 24.5 Å². The van der Waals surface area contributed by atoms with E-state index in [9.17, 15) is 4.79 Å². The summed E-state index contributed by atoms with van der Waals surface area (Å²) in [6, 6.07) is 8.91. The monoisotopic (exact) mass is 309 g/mol. The molecule has 1 fully saturated rings. The Hall–Kier alpha value is -1.10. The number of piperazine rings is 1. The molecule has 1 amide bonds. The number of nitrogens with one attached hydrogen (secondary N) is 1. The van der Waals surface area contributed by atoms with Crippen LogP contribution in [-0.4, -0.2) is 54.5 Å². The smallest absolute Gasteiger partial charge is 0.237 e. The Balaban J connectivity index is 0.00000161. The maximum absolute atomic E-state index is 12.5. The number of amides is 1. The molecule has 1 atom stereocenters. The van der Waals surface area contributed by atoms with Crippen molar-refractivity contribution < 1.29 is 4.79 Å². The molecule has 0 aromatic heterocycles. The van der Waals surface area contributed by atoms with Crippen LogP contribution in [-0.2, 0) is 17.8 Å².